The number of rotatable bonds is 12. The van der Waals surface area contributed by atoms with Gasteiger partial charge in [0.25, 0.3) is 0 Å². The number of carbonyl (C=O) groups excluding carboxylic acids is 1. The van der Waals surface area contributed by atoms with Gasteiger partial charge in [-0.1, -0.05) is 12.8 Å². The van der Waals surface area contributed by atoms with E-state index in [1.807, 2.05) is 0 Å². The number of sulfonamides is 1. The zero-order valence-electron chi connectivity index (χ0n) is 22.1. The van der Waals surface area contributed by atoms with Gasteiger partial charge >= 0.3 is 7.60 Å². The lowest BCUT2D eigenvalue weighted by Gasteiger charge is -2.34. The van der Waals surface area contributed by atoms with Gasteiger partial charge in [0.1, 0.15) is 24.1 Å². The molecule has 1 amide bonds. The Labute approximate surface area is 239 Å². The number of hydrogen-bond donors (Lipinski definition) is 6. The van der Waals surface area contributed by atoms with Crippen LogP contribution in [0.2, 0.25) is 5.28 Å². The molecule has 0 aromatic carbocycles. The Morgan fingerprint density at radius 1 is 1.27 bits per heavy atom. The van der Waals surface area contributed by atoms with E-state index in [1.54, 1.807) is 4.72 Å². The second kappa shape index (κ2) is 12.3. The van der Waals surface area contributed by atoms with E-state index in [1.165, 1.54) is 10.9 Å². The minimum Gasteiger partial charge on any atom is -0.387 e. The van der Waals surface area contributed by atoms with Crippen molar-refractivity contribution in [3.63, 3.8) is 0 Å². The third-order valence-corrected chi connectivity index (χ3v) is 9.10. The van der Waals surface area contributed by atoms with Crippen molar-refractivity contribution >= 4 is 52.0 Å². The van der Waals surface area contributed by atoms with Gasteiger partial charge in [-0.2, -0.15) is 15.1 Å². The van der Waals surface area contributed by atoms with Gasteiger partial charge in [-0.3, -0.25) is 14.1 Å². The fraction of sp³-hybridized carbons (Fsp3) is 0.714. The SMILES string of the molecule is COCC(CC(=O)NS(C)(=O)=O)(OC[C@H]1O[C@@H](n2ncc3c(NC4CCCC4)nc(Cl)nc32)[C@H](O)[C@@H]1O)P(=O)(O)O. The lowest BCUT2D eigenvalue weighted by Crippen LogP contribution is -2.46. The Morgan fingerprint density at radius 3 is 2.56 bits per heavy atom. The van der Waals surface area contributed by atoms with Crippen molar-refractivity contribution in [3.8, 4) is 0 Å². The number of amides is 1. The van der Waals surface area contributed by atoms with Gasteiger partial charge in [-0.25, -0.2) is 13.1 Å². The minimum absolute atomic E-state index is 0.0916. The Morgan fingerprint density at radius 2 is 1.95 bits per heavy atom. The molecule has 2 aromatic heterocycles. The summed E-state index contributed by atoms with van der Waals surface area (Å²) in [5.74, 6) is -0.815. The first-order chi connectivity index (χ1) is 19.1. The van der Waals surface area contributed by atoms with E-state index in [2.05, 4.69) is 20.4 Å². The normalized spacial score (nSPS) is 25.4. The molecule has 2 aromatic rings. The summed E-state index contributed by atoms with van der Waals surface area (Å²) in [7, 11) is -8.27. The first-order valence-electron chi connectivity index (χ1n) is 12.5. The van der Waals surface area contributed by atoms with Crippen LogP contribution < -0.4 is 10.0 Å². The first-order valence-corrected chi connectivity index (χ1v) is 16.4. The van der Waals surface area contributed by atoms with Crippen LogP contribution in [-0.2, 0) is 33.6 Å². The number of anilines is 1. The summed E-state index contributed by atoms with van der Waals surface area (Å²) in [6.07, 6.45) is -0.787. The van der Waals surface area contributed by atoms with Crippen molar-refractivity contribution in [2.24, 2.45) is 0 Å². The van der Waals surface area contributed by atoms with Gasteiger partial charge in [0.2, 0.25) is 26.6 Å². The summed E-state index contributed by atoms with van der Waals surface area (Å²) in [5.41, 5.74) is 0.199. The molecule has 0 radical (unpaired) electrons. The monoisotopic (exact) mass is 642 g/mol. The van der Waals surface area contributed by atoms with Crippen molar-refractivity contribution in [1.82, 2.24) is 24.5 Å². The number of halogens is 1. The highest BCUT2D eigenvalue weighted by Crippen LogP contribution is 2.54. The van der Waals surface area contributed by atoms with Crippen LogP contribution in [-0.4, -0.2) is 110 Å². The van der Waals surface area contributed by atoms with E-state index < -0.39 is 73.0 Å². The van der Waals surface area contributed by atoms with Crippen LogP contribution in [0.25, 0.3) is 11.0 Å². The minimum atomic E-state index is -5.31. The molecule has 2 fully saturated rings. The molecule has 1 unspecified atom stereocenters. The molecule has 5 atom stereocenters. The number of aromatic nitrogens is 4. The molecule has 4 rings (SSSR count). The van der Waals surface area contributed by atoms with Gasteiger partial charge < -0.3 is 39.5 Å². The van der Waals surface area contributed by atoms with Crippen LogP contribution >= 0.6 is 19.2 Å². The van der Waals surface area contributed by atoms with Crippen molar-refractivity contribution in [1.29, 1.82) is 0 Å². The maximum atomic E-state index is 12.4. The fourth-order valence-electron chi connectivity index (χ4n) is 4.90. The first kappa shape index (κ1) is 31.9. The second-order valence-corrected chi connectivity index (χ2v) is 14.0. The number of fused-ring (bicyclic) bond motifs is 1. The zero-order chi connectivity index (χ0) is 30.2. The van der Waals surface area contributed by atoms with Gasteiger partial charge in [0.05, 0.1) is 37.5 Å². The summed E-state index contributed by atoms with van der Waals surface area (Å²) in [6, 6.07) is 0.199. The van der Waals surface area contributed by atoms with Gasteiger partial charge in [-0.05, 0) is 24.4 Å². The second-order valence-electron chi connectivity index (χ2n) is 10.0. The number of ether oxygens (including phenoxy) is 3. The molecule has 0 bridgehead atoms. The summed E-state index contributed by atoms with van der Waals surface area (Å²) >= 11 is 6.16. The number of nitrogens with one attached hydrogen (secondary N) is 2. The molecule has 1 aliphatic carbocycles. The molecular weight excluding hydrogens is 611 g/mol. The largest absolute Gasteiger partial charge is 0.387 e. The Balaban J connectivity index is 1.56. The van der Waals surface area contributed by atoms with E-state index in [9.17, 15) is 37.8 Å². The zero-order valence-corrected chi connectivity index (χ0v) is 24.5. The molecule has 6 N–H and O–H groups in total. The van der Waals surface area contributed by atoms with Crippen LogP contribution in [0.5, 0.6) is 0 Å². The van der Waals surface area contributed by atoms with E-state index in [0.717, 1.165) is 32.8 Å². The molecule has 3 heterocycles. The molecule has 20 heteroatoms. The van der Waals surface area contributed by atoms with E-state index in [4.69, 9.17) is 25.8 Å². The van der Waals surface area contributed by atoms with Gasteiger partial charge in [0, 0.05) is 13.2 Å². The third kappa shape index (κ3) is 7.15. The van der Waals surface area contributed by atoms with Gasteiger partial charge in [0.15, 0.2) is 11.9 Å². The predicted octanol–water partition coefficient (Wildman–Crippen LogP) is -0.544. The quantitative estimate of drug-likeness (QED) is 0.126. The van der Waals surface area contributed by atoms with E-state index >= 15 is 0 Å². The smallest absolute Gasteiger partial charge is 0.360 e. The molecule has 0 spiro atoms. The highest BCUT2D eigenvalue weighted by Gasteiger charge is 2.53. The molecule has 1 aliphatic heterocycles. The lowest BCUT2D eigenvalue weighted by molar-refractivity contribution is -0.135. The maximum Gasteiger partial charge on any atom is 0.360 e. The van der Waals surface area contributed by atoms with Gasteiger partial charge in [-0.15, -0.1) is 0 Å². The third-order valence-electron chi connectivity index (χ3n) is 6.85. The summed E-state index contributed by atoms with van der Waals surface area (Å²) in [4.78, 5) is 40.8. The van der Waals surface area contributed by atoms with Crippen molar-refractivity contribution in [2.75, 3.05) is 31.9 Å². The summed E-state index contributed by atoms with van der Waals surface area (Å²) in [6.45, 7) is -1.56. The number of hydrogen-bond acceptors (Lipinski definition) is 13. The molecule has 17 nitrogen and oxygen atoms in total. The fourth-order valence-corrected chi connectivity index (χ4v) is 6.44. The molecule has 1 saturated carbocycles. The molecule has 230 valence electrons. The standard InChI is InChI=1S/C21H32ClN6O11PS/c1-37-10-21(40(32,33)34,7-14(29)27-41(2,35)36)38-9-13-15(30)16(31)19(39-13)28-18-12(8-23-28)17(25-20(22)26-18)24-11-5-3-4-6-11/h8,11,13,15-16,19,30-31H,3-7,9-10H2,1-2H3,(H,27,29)(H,24,25,26)(H2,32,33,34)/t13-,15-,16-,19-,21?/m1/s1. The van der Waals surface area contributed by atoms with Crippen LogP contribution in [0.3, 0.4) is 0 Å². The number of aliphatic hydroxyl groups excluding tert-OH is 2. The summed E-state index contributed by atoms with van der Waals surface area (Å²) in [5, 5.41) is 26.9. The van der Waals surface area contributed by atoms with Crippen molar-refractivity contribution < 1.29 is 52.0 Å². The topological polar surface area (TPSA) is 245 Å². The average Bonchev–Trinajstić information content (AvgIpc) is 3.57. The Kier molecular flexibility index (Phi) is 9.60. The summed E-state index contributed by atoms with van der Waals surface area (Å²) < 4.78 is 54.3. The molecular formula is C21H32ClN6O11PS. The highest BCUT2D eigenvalue weighted by molar-refractivity contribution is 7.89. The van der Waals surface area contributed by atoms with Crippen LogP contribution in [0.15, 0.2) is 6.20 Å². The van der Waals surface area contributed by atoms with Crippen LogP contribution in [0.4, 0.5) is 5.82 Å². The average molecular weight is 643 g/mol. The van der Waals surface area contributed by atoms with E-state index in [-0.39, 0.29) is 17.0 Å². The number of carbonyl (C=O) groups is 1. The number of nitrogens with zero attached hydrogens (tertiary/aromatic N) is 4. The van der Waals surface area contributed by atoms with Crippen LogP contribution in [0, 0.1) is 0 Å². The number of methoxy groups -OCH3 is 1. The van der Waals surface area contributed by atoms with Crippen molar-refractivity contribution in [2.45, 2.75) is 68.0 Å². The Bertz CT molecular complexity index is 1420. The molecule has 1 saturated heterocycles. The van der Waals surface area contributed by atoms with Crippen molar-refractivity contribution in [3.05, 3.63) is 11.5 Å². The predicted molar refractivity (Wildman–Crippen MR) is 142 cm³/mol. The Hall–Kier alpha value is -1.99. The number of aliphatic hydroxyl groups is 2. The molecule has 2 aliphatic rings. The highest BCUT2D eigenvalue weighted by atomic mass is 35.5. The van der Waals surface area contributed by atoms with E-state index in [0.29, 0.717) is 17.5 Å². The van der Waals surface area contributed by atoms with Crippen LogP contribution in [0.1, 0.15) is 38.3 Å². The molecule has 41 heavy (non-hydrogen) atoms. The maximum absolute atomic E-state index is 12.4. The lowest BCUT2D eigenvalue weighted by atomic mass is 10.1.